The average Bonchev–Trinajstić information content (AvgIpc) is 2.70. The topological polar surface area (TPSA) is 77.1 Å². The Morgan fingerprint density at radius 1 is 1.07 bits per heavy atom. The second-order valence-electron chi connectivity index (χ2n) is 6.80. The summed E-state index contributed by atoms with van der Waals surface area (Å²) in [4.78, 5) is 2.31. The molecule has 0 radical (unpaired) electrons. The minimum absolute atomic E-state index is 0.157. The Balaban J connectivity index is 2.03. The molecule has 1 saturated heterocycles. The van der Waals surface area contributed by atoms with Crippen molar-refractivity contribution in [3.63, 3.8) is 0 Å². The number of nitrogens with one attached hydrogen (secondary N) is 1. The lowest BCUT2D eigenvalue weighted by Gasteiger charge is -2.31. The smallest absolute Gasteiger partial charge is 0.262 e. The number of aryl methyl sites for hydroxylation is 1. The molecular weight excluding hydrogens is 428 g/mol. The van der Waals surface area contributed by atoms with Crippen LogP contribution in [-0.2, 0) is 14.8 Å². The fourth-order valence-corrected chi connectivity index (χ4v) is 4.86. The molecule has 1 aliphatic heterocycles. The number of anilines is 2. The van der Waals surface area contributed by atoms with Crippen molar-refractivity contribution in [2.45, 2.75) is 25.7 Å². The van der Waals surface area contributed by atoms with E-state index in [2.05, 4.69) is 9.62 Å². The van der Waals surface area contributed by atoms with Crippen molar-refractivity contribution in [3.05, 3.63) is 40.9 Å². The lowest BCUT2D eigenvalue weighted by atomic mass is 10.2. The van der Waals surface area contributed by atoms with Gasteiger partial charge in [-0.2, -0.15) is 0 Å². The van der Waals surface area contributed by atoms with E-state index in [-0.39, 0.29) is 4.90 Å². The Morgan fingerprint density at radius 3 is 2.37 bits per heavy atom. The van der Waals surface area contributed by atoms with Crippen LogP contribution in [0, 0.1) is 6.92 Å². The standard InChI is InChI=1S/C21H27ClN2O5S/c1-4-28-19-14-18(24-8-10-27-11-9-24)20(29-5-2)13-17(19)23-30(25,26)21-7-6-16(22)12-15(21)3/h6-7,12-14,23H,4-5,8-11H2,1-3H3. The SMILES string of the molecule is CCOc1cc(N2CCOCC2)c(OCC)cc1NS(=O)(=O)c1ccc(Cl)cc1C. The van der Waals surface area contributed by atoms with E-state index in [0.29, 0.717) is 54.2 Å². The van der Waals surface area contributed by atoms with E-state index in [1.54, 1.807) is 25.1 Å². The molecule has 0 spiro atoms. The normalized spacial score (nSPS) is 14.5. The summed E-state index contributed by atoms with van der Waals surface area (Å²) in [7, 11) is -3.85. The van der Waals surface area contributed by atoms with Gasteiger partial charge in [-0.1, -0.05) is 11.6 Å². The predicted octanol–water partition coefficient (Wildman–Crippen LogP) is 4.08. The van der Waals surface area contributed by atoms with Gasteiger partial charge < -0.3 is 19.1 Å². The van der Waals surface area contributed by atoms with Crippen molar-refractivity contribution in [1.29, 1.82) is 0 Å². The quantitative estimate of drug-likeness (QED) is 0.647. The van der Waals surface area contributed by atoms with Gasteiger partial charge in [0.05, 0.1) is 42.7 Å². The van der Waals surface area contributed by atoms with Crippen LogP contribution in [0.1, 0.15) is 19.4 Å². The molecule has 164 valence electrons. The van der Waals surface area contributed by atoms with Gasteiger partial charge in [0.15, 0.2) is 0 Å². The first kappa shape index (κ1) is 22.5. The number of benzene rings is 2. The molecule has 7 nitrogen and oxygen atoms in total. The van der Waals surface area contributed by atoms with E-state index in [1.807, 2.05) is 19.9 Å². The van der Waals surface area contributed by atoms with Gasteiger partial charge in [0.25, 0.3) is 10.0 Å². The molecule has 3 rings (SSSR count). The third kappa shape index (κ3) is 5.11. The summed E-state index contributed by atoms with van der Waals surface area (Å²) < 4.78 is 45.8. The van der Waals surface area contributed by atoms with Crippen molar-refractivity contribution < 1.29 is 22.6 Å². The number of nitrogens with zero attached hydrogens (tertiary/aromatic N) is 1. The molecule has 30 heavy (non-hydrogen) atoms. The van der Waals surface area contributed by atoms with Gasteiger partial charge in [0.2, 0.25) is 0 Å². The molecule has 0 aromatic heterocycles. The maximum absolute atomic E-state index is 13.1. The van der Waals surface area contributed by atoms with Gasteiger partial charge in [0, 0.05) is 30.2 Å². The van der Waals surface area contributed by atoms with Crippen LogP contribution < -0.4 is 19.1 Å². The minimum atomic E-state index is -3.85. The molecule has 1 heterocycles. The highest BCUT2D eigenvalue weighted by Crippen LogP contribution is 2.40. The van der Waals surface area contributed by atoms with Gasteiger partial charge >= 0.3 is 0 Å². The van der Waals surface area contributed by atoms with Gasteiger partial charge in [0.1, 0.15) is 11.5 Å². The summed E-state index contributed by atoms with van der Waals surface area (Å²) in [6.45, 7) is 8.99. The second-order valence-corrected chi connectivity index (χ2v) is 8.88. The first-order chi connectivity index (χ1) is 14.4. The Morgan fingerprint density at radius 2 is 1.73 bits per heavy atom. The number of sulfonamides is 1. The Bertz CT molecular complexity index is 991. The van der Waals surface area contributed by atoms with E-state index in [0.717, 1.165) is 18.8 Å². The number of hydrogen-bond acceptors (Lipinski definition) is 6. The minimum Gasteiger partial charge on any atom is -0.492 e. The number of hydrogen-bond donors (Lipinski definition) is 1. The Kier molecular flexibility index (Phi) is 7.33. The van der Waals surface area contributed by atoms with Crippen molar-refractivity contribution >= 4 is 33.0 Å². The zero-order chi connectivity index (χ0) is 21.7. The van der Waals surface area contributed by atoms with Gasteiger partial charge in [-0.25, -0.2) is 8.42 Å². The van der Waals surface area contributed by atoms with Gasteiger partial charge in [-0.15, -0.1) is 0 Å². The summed E-state index contributed by atoms with van der Waals surface area (Å²) in [6.07, 6.45) is 0. The molecular formula is C21H27ClN2O5S. The van der Waals surface area contributed by atoms with Crippen molar-refractivity contribution in [1.82, 2.24) is 0 Å². The molecule has 1 aliphatic rings. The van der Waals surface area contributed by atoms with Gasteiger partial charge in [-0.05, 0) is 44.5 Å². The molecule has 0 bridgehead atoms. The summed E-state index contributed by atoms with van der Waals surface area (Å²) >= 11 is 5.98. The largest absolute Gasteiger partial charge is 0.492 e. The van der Waals surface area contributed by atoms with E-state index >= 15 is 0 Å². The van der Waals surface area contributed by atoms with Crippen LogP contribution >= 0.6 is 11.6 Å². The van der Waals surface area contributed by atoms with Crippen LogP contribution in [0.5, 0.6) is 11.5 Å². The molecule has 1 fully saturated rings. The average molecular weight is 455 g/mol. The molecule has 0 unspecified atom stereocenters. The van der Waals surface area contributed by atoms with Gasteiger partial charge in [-0.3, -0.25) is 4.72 Å². The first-order valence-corrected chi connectivity index (χ1v) is 11.8. The van der Waals surface area contributed by atoms with E-state index in [1.165, 1.54) is 6.07 Å². The van der Waals surface area contributed by atoms with Crippen LogP contribution in [0.4, 0.5) is 11.4 Å². The molecule has 9 heteroatoms. The van der Waals surface area contributed by atoms with E-state index < -0.39 is 10.0 Å². The molecule has 2 aromatic rings. The lowest BCUT2D eigenvalue weighted by Crippen LogP contribution is -2.36. The molecule has 1 N–H and O–H groups in total. The fraction of sp³-hybridized carbons (Fsp3) is 0.429. The third-order valence-electron chi connectivity index (χ3n) is 4.68. The lowest BCUT2D eigenvalue weighted by molar-refractivity contribution is 0.122. The number of rotatable bonds is 8. The molecule has 0 aliphatic carbocycles. The van der Waals surface area contributed by atoms with Crippen molar-refractivity contribution in [3.8, 4) is 11.5 Å². The summed E-state index contributed by atoms with van der Waals surface area (Å²) in [5.74, 6) is 1.03. The first-order valence-electron chi connectivity index (χ1n) is 9.91. The fourth-order valence-electron chi connectivity index (χ4n) is 3.34. The van der Waals surface area contributed by atoms with Crippen LogP contribution in [0.3, 0.4) is 0 Å². The summed E-state index contributed by atoms with van der Waals surface area (Å²) in [6, 6.07) is 8.17. The highest BCUT2D eigenvalue weighted by molar-refractivity contribution is 7.92. The summed E-state index contributed by atoms with van der Waals surface area (Å²) in [5, 5.41) is 0.481. The number of ether oxygens (including phenoxy) is 3. The van der Waals surface area contributed by atoms with Crippen molar-refractivity contribution in [2.24, 2.45) is 0 Å². The van der Waals surface area contributed by atoms with E-state index in [4.69, 9.17) is 25.8 Å². The number of morpholine rings is 1. The van der Waals surface area contributed by atoms with E-state index in [9.17, 15) is 8.42 Å². The monoisotopic (exact) mass is 454 g/mol. The van der Waals surface area contributed by atoms with Crippen LogP contribution in [0.2, 0.25) is 5.02 Å². The maximum Gasteiger partial charge on any atom is 0.262 e. The maximum atomic E-state index is 13.1. The highest BCUT2D eigenvalue weighted by atomic mass is 35.5. The predicted molar refractivity (Wildman–Crippen MR) is 119 cm³/mol. The third-order valence-corrected chi connectivity index (χ3v) is 6.44. The van der Waals surface area contributed by atoms with Crippen LogP contribution in [0.25, 0.3) is 0 Å². The Labute approximate surface area is 182 Å². The van der Waals surface area contributed by atoms with Crippen LogP contribution in [0.15, 0.2) is 35.2 Å². The summed E-state index contributed by atoms with van der Waals surface area (Å²) in [5.41, 5.74) is 1.74. The second kappa shape index (κ2) is 9.76. The highest BCUT2D eigenvalue weighted by Gasteiger charge is 2.23. The zero-order valence-corrected chi connectivity index (χ0v) is 19.0. The number of halogens is 1. The molecule has 2 aromatic carbocycles. The molecule has 0 amide bonds. The molecule has 0 saturated carbocycles. The Hall–Kier alpha value is -2.16. The molecule has 0 atom stereocenters. The van der Waals surface area contributed by atoms with Crippen molar-refractivity contribution in [2.75, 3.05) is 49.1 Å². The zero-order valence-electron chi connectivity index (χ0n) is 17.4. The van der Waals surface area contributed by atoms with Crippen LogP contribution in [-0.4, -0.2) is 47.9 Å².